The zero-order chi connectivity index (χ0) is 13.6. The first kappa shape index (κ1) is 11.9. The van der Waals surface area contributed by atoms with E-state index in [2.05, 4.69) is 4.98 Å². The first-order chi connectivity index (χ1) is 9.08. The number of carbonyl (C=O) groups is 1. The van der Waals surface area contributed by atoms with Crippen molar-refractivity contribution in [2.24, 2.45) is 0 Å². The number of rotatable bonds is 2. The molecule has 0 amide bonds. The van der Waals surface area contributed by atoms with Gasteiger partial charge >= 0.3 is 5.97 Å². The quantitative estimate of drug-likeness (QED) is 0.769. The van der Waals surface area contributed by atoms with Gasteiger partial charge < -0.3 is 9.52 Å². The van der Waals surface area contributed by atoms with Crippen LogP contribution in [0.3, 0.4) is 0 Å². The molecule has 2 heterocycles. The smallest absolute Gasteiger partial charge is 0.347 e. The second kappa shape index (κ2) is 4.20. The largest absolute Gasteiger partial charge is 0.477 e. The van der Waals surface area contributed by atoms with E-state index in [9.17, 15) is 4.79 Å². The fraction of sp³-hybridized carbons (Fsp3) is 0.143. The highest BCUT2D eigenvalue weighted by atomic mass is 32.1. The number of benzene rings is 1. The zero-order valence-corrected chi connectivity index (χ0v) is 11.2. The number of carboxylic acid groups (broad SMARTS) is 1. The van der Waals surface area contributed by atoms with Crippen LogP contribution in [0.5, 0.6) is 0 Å². The Morgan fingerprint density at radius 3 is 2.74 bits per heavy atom. The van der Waals surface area contributed by atoms with Crippen LogP contribution in [-0.2, 0) is 0 Å². The van der Waals surface area contributed by atoms with Crippen LogP contribution in [-0.4, -0.2) is 16.1 Å². The number of hydrogen-bond acceptors (Lipinski definition) is 4. The minimum absolute atomic E-state index is 0.277. The van der Waals surface area contributed by atoms with Crippen LogP contribution in [0.4, 0.5) is 0 Å². The highest BCUT2D eigenvalue weighted by Gasteiger charge is 2.20. The summed E-state index contributed by atoms with van der Waals surface area (Å²) in [5, 5.41) is 10.8. The number of aromatic carboxylic acids is 1. The minimum atomic E-state index is -0.938. The molecule has 1 N–H and O–H groups in total. The van der Waals surface area contributed by atoms with Crippen molar-refractivity contribution in [1.29, 1.82) is 0 Å². The SMILES string of the molecule is Cc1nc(-c2c(C)oc3ccccc23)sc1C(=O)O. The van der Waals surface area contributed by atoms with Gasteiger partial charge in [-0.2, -0.15) is 0 Å². The molecule has 0 radical (unpaired) electrons. The van der Waals surface area contributed by atoms with Crippen molar-refractivity contribution in [2.75, 3.05) is 0 Å². The van der Waals surface area contributed by atoms with Crippen molar-refractivity contribution in [2.45, 2.75) is 13.8 Å². The Morgan fingerprint density at radius 2 is 2.05 bits per heavy atom. The molecule has 0 spiro atoms. The maximum absolute atomic E-state index is 11.1. The van der Waals surface area contributed by atoms with E-state index in [1.807, 2.05) is 31.2 Å². The molecule has 0 fully saturated rings. The van der Waals surface area contributed by atoms with E-state index in [-0.39, 0.29) is 4.88 Å². The van der Waals surface area contributed by atoms with Crippen molar-refractivity contribution in [1.82, 2.24) is 4.98 Å². The predicted octanol–water partition coefficient (Wildman–Crippen LogP) is 3.87. The molecular weight excluding hydrogens is 262 g/mol. The molecule has 0 aliphatic heterocycles. The molecule has 0 atom stereocenters. The maximum atomic E-state index is 11.1. The number of aryl methyl sites for hydroxylation is 2. The molecular formula is C14H11NO3S. The summed E-state index contributed by atoms with van der Waals surface area (Å²) in [5.41, 5.74) is 2.22. The summed E-state index contributed by atoms with van der Waals surface area (Å²) in [4.78, 5) is 15.7. The predicted molar refractivity (Wildman–Crippen MR) is 73.8 cm³/mol. The third-order valence-corrected chi connectivity index (χ3v) is 4.14. The Bertz CT molecular complexity index is 785. The van der Waals surface area contributed by atoms with Gasteiger partial charge in [-0.15, -0.1) is 11.3 Å². The Morgan fingerprint density at radius 1 is 1.32 bits per heavy atom. The number of hydrogen-bond donors (Lipinski definition) is 1. The number of fused-ring (bicyclic) bond motifs is 1. The summed E-state index contributed by atoms with van der Waals surface area (Å²) in [6, 6.07) is 7.69. The van der Waals surface area contributed by atoms with Crippen molar-refractivity contribution in [3.8, 4) is 10.6 Å². The molecule has 0 unspecified atom stereocenters. The molecule has 0 aliphatic carbocycles. The fourth-order valence-corrected chi connectivity index (χ4v) is 3.15. The summed E-state index contributed by atoms with van der Waals surface area (Å²) < 4.78 is 5.68. The van der Waals surface area contributed by atoms with E-state index >= 15 is 0 Å². The van der Waals surface area contributed by atoms with E-state index < -0.39 is 5.97 Å². The number of carboxylic acids is 1. The monoisotopic (exact) mass is 273 g/mol. The Kier molecular flexibility index (Phi) is 2.64. The molecule has 0 aliphatic rings. The van der Waals surface area contributed by atoms with Crippen molar-refractivity contribution < 1.29 is 14.3 Å². The van der Waals surface area contributed by atoms with Crippen LogP contribution in [0.15, 0.2) is 28.7 Å². The van der Waals surface area contributed by atoms with Crippen molar-refractivity contribution in [3.05, 3.63) is 40.6 Å². The van der Waals surface area contributed by atoms with E-state index in [4.69, 9.17) is 9.52 Å². The molecule has 3 rings (SSSR count). The number of aromatic nitrogens is 1. The van der Waals surface area contributed by atoms with Gasteiger partial charge in [-0.3, -0.25) is 0 Å². The van der Waals surface area contributed by atoms with Crippen LogP contribution < -0.4 is 0 Å². The average Bonchev–Trinajstić information content (AvgIpc) is 2.88. The maximum Gasteiger partial charge on any atom is 0.347 e. The van der Waals surface area contributed by atoms with Crippen LogP contribution in [0.25, 0.3) is 21.5 Å². The van der Waals surface area contributed by atoms with E-state index in [1.165, 1.54) is 11.3 Å². The lowest BCUT2D eigenvalue weighted by atomic mass is 10.1. The van der Waals surface area contributed by atoms with Gasteiger partial charge in [0.1, 0.15) is 21.2 Å². The van der Waals surface area contributed by atoms with Gasteiger partial charge in [0.25, 0.3) is 0 Å². The molecule has 19 heavy (non-hydrogen) atoms. The Labute approximate surface area is 113 Å². The third-order valence-electron chi connectivity index (χ3n) is 2.98. The van der Waals surface area contributed by atoms with Gasteiger partial charge in [-0.1, -0.05) is 18.2 Å². The summed E-state index contributed by atoms with van der Waals surface area (Å²) in [6.07, 6.45) is 0. The van der Waals surface area contributed by atoms with Gasteiger partial charge in [0.05, 0.1) is 11.3 Å². The average molecular weight is 273 g/mol. The Hall–Kier alpha value is -2.14. The van der Waals surface area contributed by atoms with Gasteiger partial charge in [0.15, 0.2) is 0 Å². The number of thiazole rings is 1. The number of furan rings is 1. The standard InChI is InChI=1S/C14H11NO3S/c1-7-12(14(16)17)19-13(15-7)11-8(2)18-10-6-4-3-5-9(10)11/h3-6H,1-2H3,(H,16,17). The van der Waals surface area contributed by atoms with Crippen molar-refractivity contribution in [3.63, 3.8) is 0 Å². The number of nitrogens with zero attached hydrogens (tertiary/aromatic N) is 1. The number of para-hydroxylation sites is 1. The van der Waals surface area contributed by atoms with Gasteiger partial charge in [0, 0.05) is 5.39 Å². The summed E-state index contributed by atoms with van der Waals surface area (Å²) >= 11 is 1.18. The summed E-state index contributed by atoms with van der Waals surface area (Å²) in [7, 11) is 0. The van der Waals surface area contributed by atoms with E-state index in [0.717, 1.165) is 22.3 Å². The second-order valence-electron chi connectivity index (χ2n) is 4.27. The molecule has 96 valence electrons. The van der Waals surface area contributed by atoms with Gasteiger partial charge in [-0.25, -0.2) is 9.78 Å². The lowest BCUT2D eigenvalue weighted by Crippen LogP contribution is -1.94. The molecule has 5 heteroatoms. The molecule has 2 aromatic heterocycles. The Balaban J connectivity index is 2.27. The van der Waals surface area contributed by atoms with Crippen LogP contribution in [0.2, 0.25) is 0 Å². The normalized spacial score (nSPS) is 11.1. The van der Waals surface area contributed by atoms with Crippen molar-refractivity contribution >= 4 is 28.3 Å². The topological polar surface area (TPSA) is 63.3 Å². The molecule has 4 nitrogen and oxygen atoms in total. The highest BCUT2D eigenvalue weighted by molar-refractivity contribution is 7.17. The lowest BCUT2D eigenvalue weighted by molar-refractivity contribution is 0.0701. The summed E-state index contributed by atoms with van der Waals surface area (Å²) in [6.45, 7) is 3.58. The minimum Gasteiger partial charge on any atom is -0.477 e. The summed E-state index contributed by atoms with van der Waals surface area (Å²) in [5.74, 6) is -0.182. The highest BCUT2D eigenvalue weighted by Crippen LogP contribution is 2.37. The van der Waals surface area contributed by atoms with E-state index in [0.29, 0.717) is 10.7 Å². The molecule has 3 aromatic rings. The molecule has 0 bridgehead atoms. The second-order valence-corrected chi connectivity index (χ2v) is 5.27. The lowest BCUT2D eigenvalue weighted by Gasteiger charge is -1.93. The first-order valence-corrected chi connectivity index (χ1v) is 6.59. The zero-order valence-electron chi connectivity index (χ0n) is 10.4. The molecule has 0 saturated carbocycles. The van der Waals surface area contributed by atoms with Crippen LogP contribution in [0, 0.1) is 13.8 Å². The fourth-order valence-electron chi connectivity index (χ4n) is 2.14. The third kappa shape index (κ3) is 1.82. The molecule has 0 saturated heterocycles. The van der Waals surface area contributed by atoms with Gasteiger partial charge in [0.2, 0.25) is 0 Å². The van der Waals surface area contributed by atoms with E-state index in [1.54, 1.807) is 6.92 Å². The first-order valence-electron chi connectivity index (χ1n) is 5.77. The van der Waals surface area contributed by atoms with Gasteiger partial charge in [-0.05, 0) is 19.9 Å². The van der Waals surface area contributed by atoms with Crippen LogP contribution in [0.1, 0.15) is 21.1 Å². The molecule has 1 aromatic carbocycles. The van der Waals surface area contributed by atoms with Crippen LogP contribution >= 0.6 is 11.3 Å².